The molecule has 0 aliphatic carbocycles. The average Bonchev–Trinajstić information content (AvgIpc) is 3.00. The van der Waals surface area contributed by atoms with Crippen LogP contribution in [-0.2, 0) is 49.3 Å². The Balaban J connectivity index is 0.000000394. The monoisotopic (exact) mass is 804 g/mol. The first-order valence-electron chi connectivity index (χ1n) is 16.6. The van der Waals surface area contributed by atoms with Crippen molar-refractivity contribution in [3.8, 4) is 0 Å². The standard InChI is InChI=1S/C21H28.C17H20.2CHF3O3S/c1-20(2,3)18-11-7-16(8-12-18)15-17-9-13-19(14-10-17)21(4,5)6;1-17(2,3)16-11-9-15(10-12-16)13-14-7-5-4-6-8-14;2*2-1(3,4)8(5,6)7/h7-14H,15H2,1-6H3;4-12H,13H2,1-3H3;2*(H,5,6,7). The quantitative estimate of drug-likeness (QED) is 0.121. The van der Waals surface area contributed by atoms with Gasteiger partial charge in [-0.15, -0.1) is 0 Å². The lowest BCUT2D eigenvalue weighted by Crippen LogP contribution is -2.21. The number of hydrogen-bond acceptors (Lipinski definition) is 4. The van der Waals surface area contributed by atoms with Crippen LogP contribution in [-0.4, -0.2) is 37.0 Å². The fourth-order valence-electron chi connectivity index (χ4n) is 4.44. The summed E-state index contributed by atoms with van der Waals surface area (Å²) in [6, 6.07) is 37.7. The van der Waals surface area contributed by atoms with Crippen LogP contribution in [0.3, 0.4) is 0 Å². The summed E-state index contributed by atoms with van der Waals surface area (Å²) in [5.74, 6) is 0. The van der Waals surface area contributed by atoms with E-state index >= 15 is 0 Å². The Morgan fingerprint density at radius 3 is 0.741 bits per heavy atom. The van der Waals surface area contributed by atoms with Crippen molar-refractivity contribution in [1.29, 1.82) is 0 Å². The van der Waals surface area contributed by atoms with E-state index in [1.54, 1.807) is 0 Å². The van der Waals surface area contributed by atoms with Gasteiger partial charge in [0.25, 0.3) is 0 Å². The maximum absolute atomic E-state index is 10.7. The molecule has 0 heterocycles. The molecule has 0 bridgehead atoms. The largest absolute Gasteiger partial charge is 0.522 e. The van der Waals surface area contributed by atoms with Crippen molar-refractivity contribution >= 4 is 20.2 Å². The smallest absolute Gasteiger partial charge is 0.279 e. The molecule has 6 nitrogen and oxygen atoms in total. The lowest BCUT2D eigenvalue weighted by molar-refractivity contribution is -0.0514. The van der Waals surface area contributed by atoms with Gasteiger partial charge in [-0.05, 0) is 68.0 Å². The minimum Gasteiger partial charge on any atom is -0.279 e. The fraction of sp³-hybridized carbons (Fsp3) is 0.400. The Morgan fingerprint density at radius 2 is 0.574 bits per heavy atom. The summed E-state index contributed by atoms with van der Waals surface area (Å²) in [6.45, 7) is 20.3. The molecule has 0 saturated carbocycles. The first-order valence-corrected chi connectivity index (χ1v) is 19.5. The molecule has 0 unspecified atom stereocenters. The normalized spacial score (nSPS) is 12.6. The van der Waals surface area contributed by atoms with Crippen LogP contribution < -0.4 is 0 Å². The van der Waals surface area contributed by atoms with Gasteiger partial charge in [0, 0.05) is 0 Å². The zero-order chi connectivity index (χ0) is 42.0. The van der Waals surface area contributed by atoms with Crippen molar-refractivity contribution in [2.24, 2.45) is 0 Å². The molecule has 4 aromatic rings. The van der Waals surface area contributed by atoms with Crippen LogP contribution in [0.15, 0.2) is 103 Å². The molecule has 4 aromatic carbocycles. The van der Waals surface area contributed by atoms with E-state index in [-0.39, 0.29) is 16.2 Å². The third-order valence-corrected chi connectivity index (χ3v) is 8.87. The predicted octanol–water partition coefficient (Wildman–Crippen LogP) is 11.2. The minimum absolute atomic E-state index is 0.229. The van der Waals surface area contributed by atoms with E-state index in [1.807, 2.05) is 0 Å². The maximum Gasteiger partial charge on any atom is 0.522 e. The van der Waals surface area contributed by atoms with E-state index in [9.17, 15) is 26.3 Å². The molecule has 54 heavy (non-hydrogen) atoms. The lowest BCUT2D eigenvalue weighted by atomic mass is 9.85. The molecule has 0 amide bonds. The van der Waals surface area contributed by atoms with Gasteiger partial charge in [0.1, 0.15) is 0 Å². The summed E-state index contributed by atoms with van der Waals surface area (Å²) in [5.41, 5.74) is -0.665. The van der Waals surface area contributed by atoms with Gasteiger partial charge < -0.3 is 0 Å². The van der Waals surface area contributed by atoms with Crippen molar-refractivity contribution in [1.82, 2.24) is 0 Å². The average molecular weight is 805 g/mol. The molecule has 2 N–H and O–H groups in total. The van der Waals surface area contributed by atoms with Crippen molar-refractivity contribution in [2.75, 3.05) is 0 Å². The molecule has 300 valence electrons. The molecule has 0 aliphatic heterocycles. The van der Waals surface area contributed by atoms with E-state index in [1.165, 1.54) is 38.9 Å². The third-order valence-electron chi connectivity index (χ3n) is 7.70. The Labute approximate surface area is 316 Å². The van der Waals surface area contributed by atoms with Gasteiger partial charge in [-0.2, -0.15) is 43.2 Å². The van der Waals surface area contributed by atoms with Crippen molar-refractivity contribution in [3.05, 3.63) is 142 Å². The Bertz CT molecular complexity index is 1840. The second-order valence-corrected chi connectivity index (χ2v) is 18.3. The summed E-state index contributed by atoms with van der Waals surface area (Å²) in [5, 5.41) is 0. The summed E-state index contributed by atoms with van der Waals surface area (Å²) in [4.78, 5) is 0. The van der Waals surface area contributed by atoms with E-state index in [4.69, 9.17) is 25.9 Å². The molecule has 4 rings (SSSR count). The van der Waals surface area contributed by atoms with Gasteiger partial charge in [-0.1, -0.05) is 165 Å². The molecule has 0 atom stereocenters. The van der Waals surface area contributed by atoms with Crippen LogP contribution in [0.5, 0.6) is 0 Å². The minimum atomic E-state index is -5.84. The Hall–Kier alpha value is -3.72. The highest BCUT2D eigenvalue weighted by Gasteiger charge is 2.45. The highest BCUT2D eigenvalue weighted by molar-refractivity contribution is 7.86. The molecule has 0 saturated heterocycles. The molecule has 0 radical (unpaired) electrons. The van der Waals surface area contributed by atoms with Gasteiger partial charge in [0.2, 0.25) is 0 Å². The van der Waals surface area contributed by atoms with Gasteiger partial charge in [-0.25, -0.2) is 0 Å². The van der Waals surface area contributed by atoms with Gasteiger partial charge >= 0.3 is 31.3 Å². The van der Waals surface area contributed by atoms with Crippen LogP contribution in [0, 0.1) is 0 Å². The molecule has 0 aliphatic rings. The number of rotatable bonds is 4. The first-order chi connectivity index (χ1) is 24.2. The van der Waals surface area contributed by atoms with Gasteiger partial charge in [0.15, 0.2) is 0 Å². The van der Waals surface area contributed by atoms with E-state index in [2.05, 4.69) is 165 Å². The molecule has 14 heteroatoms. The zero-order valence-electron chi connectivity index (χ0n) is 31.8. The lowest BCUT2D eigenvalue weighted by Gasteiger charge is -2.20. The van der Waals surface area contributed by atoms with Crippen molar-refractivity contribution in [2.45, 2.75) is 102 Å². The van der Waals surface area contributed by atoms with E-state index in [0.29, 0.717) is 0 Å². The third kappa shape index (κ3) is 17.6. The fourth-order valence-corrected chi connectivity index (χ4v) is 4.44. The Kier molecular flexibility index (Phi) is 16.8. The summed E-state index contributed by atoms with van der Waals surface area (Å²) in [6.07, 6.45) is 2.03. The molecular formula is C40H50F6O6S2. The highest BCUT2D eigenvalue weighted by atomic mass is 32.2. The van der Waals surface area contributed by atoms with Crippen LogP contribution >= 0.6 is 0 Å². The van der Waals surface area contributed by atoms with Crippen molar-refractivity contribution < 1.29 is 52.3 Å². The molecule has 0 aromatic heterocycles. The molecule has 0 fully saturated rings. The second kappa shape index (κ2) is 18.7. The molecular weight excluding hydrogens is 755 g/mol. The van der Waals surface area contributed by atoms with Crippen molar-refractivity contribution in [3.63, 3.8) is 0 Å². The first kappa shape index (κ1) is 48.3. The Morgan fingerprint density at radius 1 is 0.389 bits per heavy atom. The highest BCUT2D eigenvalue weighted by Crippen LogP contribution is 2.26. The summed E-state index contributed by atoms with van der Waals surface area (Å²) >= 11 is 0. The SMILES string of the molecule is CC(C)(C)c1ccc(Cc2ccc(C(C)(C)C)cc2)cc1.CC(C)(C)c1ccc(Cc2ccccc2)cc1.O=S(=O)(O)C(F)(F)F.O=S(=O)(O)C(F)(F)F. The van der Waals surface area contributed by atoms with Crippen LogP contribution in [0.25, 0.3) is 0 Å². The molecule has 0 spiro atoms. The number of halogens is 6. The second-order valence-electron chi connectivity index (χ2n) is 15.5. The predicted molar refractivity (Wildman–Crippen MR) is 203 cm³/mol. The summed E-state index contributed by atoms with van der Waals surface area (Å²) in [7, 11) is -11.7. The van der Waals surface area contributed by atoms with Crippen LogP contribution in [0.2, 0.25) is 0 Å². The van der Waals surface area contributed by atoms with E-state index in [0.717, 1.165) is 12.8 Å². The van der Waals surface area contributed by atoms with Gasteiger partial charge in [0.05, 0.1) is 0 Å². The zero-order valence-corrected chi connectivity index (χ0v) is 33.5. The number of hydrogen-bond donors (Lipinski definition) is 2. The number of benzene rings is 4. The van der Waals surface area contributed by atoms with Gasteiger partial charge in [-0.3, -0.25) is 9.11 Å². The maximum atomic E-state index is 10.7. The number of alkyl halides is 6. The summed E-state index contributed by atoms with van der Waals surface area (Å²) < 4.78 is 115. The topological polar surface area (TPSA) is 109 Å². The van der Waals surface area contributed by atoms with Crippen LogP contribution in [0.4, 0.5) is 26.3 Å². The van der Waals surface area contributed by atoms with Crippen LogP contribution in [0.1, 0.15) is 101 Å². The van der Waals surface area contributed by atoms with E-state index < -0.39 is 31.3 Å².